The van der Waals surface area contributed by atoms with Gasteiger partial charge in [0.15, 0.2) is 17.3 Å². The van der Waals surface area contributed by atoms with E-state index in [1.165, 1.54) is 22.3 Å². The number of rotatable bonds is 2. The number of nitrogens with zero attached hydrogens (tertiary/aromatic N) is 9. The summed E-state index contributed by atoms with van der Waals surface area (Å²) in [5.41, 5.74) is 3.20. The maximum Gasteiger partial charge on any atom is 0.200 e. The molecule has 1 aliphatic heterocycles. The quantitative estimate of drug-likeness (QED) is 0.657. The Morgan fingerprint density at radius 2 is 1.67 bits per heavy atom. The van der Waals surface area contributed by atoms with Crippen LogP contribution in [0.3, 0.4) is 0 Å². The summed E-state index contributed by atoms with van der Waals surface area (Å²) in [4.78, 5) is 4.55. The zero-order chi connectivity index (χ0) is 15.9. The van der Waals surface area contributed by atoms with Gasteiger partial charge in [-0.1, -0.05) is 0 Å². The molecule has 4 heterocycles. The molecule has 0 N–H and O–H groups in total. The van der Waals surface area contributed by atoms with Gasteiger partial charge in [0.25, 0.3) is 0 Å². The summed E-state index contributed by atoms with van der Waals surface area (Å²) in [5, 5.41) is 24.6. The summed E-state index contributed by atoms with van der Waals surface area (Å²) in [6.45, 7) is 3.59. The number of tetrazole rings is 1. The second-order valence-electron chi connectivity index (χ2n) is 6.22. The number of hydrogen-bond acceptors (Lipinski definition) is 8. The predicted octanol–water partition coefficient (Wildman–Crippen LogP) is 0.125. The van der Waals surface area contributed by atoms with Crippen molar-refractivity contribution < 1.29 is 0 Å². The molecule has 122 valence electrons. The Balaban J connectivity index is 1.31. The molecule has 0 aromatic carbocycles. The van der Waals surface area contributed by atoms with Crippen molar-refractivity contribution in [2.45, 2.75) is 19.3 Å². The van der Waals surface area contributed by atoms with Gasteiger partial charge in [0.2, 0.25) is 0 Å². The molecule has 0 atom stereocenters. The van der Waals surface area contributed by atoms with Gasteiger partial charge >= 0.3 is 0 Å². The molecule has 3 aromatic heterocycles. The minimum atomic E-state index is 0.658. The number of aromatic nitrogens is 7. The largest absolute Gasteiger partial charge is 0.352 e. The molecule has 24 heavy (non-hydrogen) atoms. The van der Waals surface area contributed by atoms with Crippen LogP contribution in [0.1, 0.15) is 17.7 Å². The summed E-state index contributed by atoms with van der Waals surface area (Å²) in [6, 6.07) is 6.08. The molecule has 1 saturated heterocycles. The van der Waals surface area contributed by atoms with Crippen LogP contribution < -0.4 is 9.80 Å². The van der Waals surface area contributed by atoms with Crippen LogP contribution in [0, 0.1) is 0 Å². The molecule has 5 rings (SSSR count). The maximum absolute atomic E-state index is 4.46. The van der Waals surface area contributed by atoms with Crippen LogP contribution in [0.2, 0.25) is 0 Å². The summed E-state index contributed by atoms with van der Waals surface area (Å²) in [5.74, 6) is 1.90. The van der Waals surface area contributed by atoms with Gasteiger partial charge in [0.05, 0.1) is 5.69 Å². The molecule has 0 saturated carbocycles. The molecule has 2 aliphatic rings. The summed E-state index contributed by atoms with van der Waals surface area (Å²) in [6.07, 6.45) is 3.40. The molecule has 0 radical (unpaired) electrons. The van der Waals surface area contributed by atoms with Crippen molar-refractivity contribution in [2.75, 3.05) is 36.0 Å². The van der Waals surface area contributed by atoms with Crippen molar-refractivity contribution in [3.8, 4) is 0 Å². The van der Waals surface area contributed by atoms with Gasteiger partial charge < -0.3 is 9.80 Å². The first-order chi connectivity index (χ1) is 11.9. The first kappa shape index (κ1) is 13.6. The van der Waals surface area contributed by atoms with E-state index in [9.17, 15) is 0 Å². The topological polar surface area (TPSA) is 88.2 Å². The van der Waals surface area contributed by atoms with Crippen LogP contribution in [0.25, 0.3) is 5.65 Å². The zero-order valence-corrected chi connectivity index (χ0v) is 13.2. The van der Waals surface area contributed by atoms with E-state index in [0.717, 1.165) is 50.7 Å². The number of fused-ring (bicyclic) bond motifs is 2. The zero-order valence-electron chi connectivity index (χ0n) is 13.2. The van der Waals surface area contributed by atoms with Gasteiger partial charge in [0, 0.05) is 26.2 Å². The summed E-state index contributed by atoms with van der Waals surface area (Å²) in [7, 11) is 0. The highest BCUT2D eigenvalue weighted by molar-refractivity contribution is 5.48. The Labute approximate surface area is 138 Å². The van der Waals surface area contributed by atoms with E-state index in [-0.39, 0.29) is 0 Å². The summed E-state index contributed by atoms with van der Waals surface area (Å²) < 4.78 is 1.47. The van der Waals surface area contributed by atoms with Crippen molar-refractivity contribution in [3.63, 3.8) is 0 Å². The highest BCUT2D eigenvalue weighted by Gasteiger charge is 2.22. The van der Waals surface area contributed by atoms with Crippen molar-refractivity contribution in [1.82, 2.24) is 35.5 Å². The number of piperazine rings is 1. The van der Waals surface area contributed by atoms with E-state index in [0.29, 0.717) is 5.65 Å². The van der Waals surface area contributed by atoms with Crippen LogP contribution in [0.4, 0.5) is 11.6 Å². The lowest BCUT2D eigenvalue weighted by Crippen LogP contribution is -2.47. The van der Waals surface area contributed by atoms with Gasteiger partial charge in [-0.3, -0.25) is 0 Å². The lowest BCUT2D eigenvalue weighted by Gasteiger charge is -2.35. The minimum absolute atomic E-state index is 0.658. The average Bonchev–Trinajstić information content (AvgIpc) is 3.29. The van der Waals surface area contributed by atoms with E-state index in [1.807, 2.05) is 12.1 Å². The van der Waals surface area contributed by atoms with Gasteiger partial charge in [-0.2, -0.15) is 5.10 Å². The average molecular weight is 323 g/mol. The molecule has 0 amide bonds. The molecule has 1 fully saturated rings. The Bertz CT molecular complexity index is 882. The lowest BCUT2D eigenvalue weighted by molar-refractivity contribution is 0.625. The normalized spacial score (nSPS) is 17.5. The number of anilines is 2. The van der Waals surface area contributed by atoms with Crippen LogP contribution in [-0.4, -0.2) is 61.6 Å². The Hall–Kier alpha value is -2.84. The predicted molar refractivity (Wildman–Crippen MR) is 87.1 cm³/mol. The maximum atomic E-state index is 4.46. The first-order valence-electron chi connectivity index (χ1n) is 8.28. The SMILES string of the molecule is c1cc2nnnn2nc1N1CCN(c2cc3c(nn2)CCC3)CC1. The standard InChI is InChI=1S/C15H17N9/c1-2-11-10-15(17-16-12(11)3-1)23-8-6-22(7-9-23)14-5-4-13-18-20-21-24(13)19-14/h4-5,10H,1-3,6-9H2. The van der Waals surface area contributed by atoms with Gasteiger partial charge in [-0.05, 0) is 53.5 Å². The van der Waals surface area contributed by atoms with Crippen molar-refractivity contribution in [1.29, 1.82) is 0 Å². The Kier molecular flexibility index (Phi) is 3.03. The van der Waals surface area contributed by atoms with E-state index >= 15 is 0 Å². The van der Waals surface area contributed by atoms with Crippen LogP contribution in [0.5, 0.6) is 0 Å². The van der Waals surface area contributed by atoms with Crippen LogP contribution in [-0.2, 0) is 12.8 Å². The smallest absolute Gasteiger partial charge is 0.200 e. The van der Waals surface area contributed by atoms with Crippen molar-refractivity contribution >= 4 is 17.3 Å². The van der Waals surface area contributed by atoms with E-state index in [1.54, 1.807) is 0 Å². The fourth-order valence-electron chi connectivity index (χ4n) is 3.45. The van der Waals surface area contributed by atoms with Crippen molar-refractivity contribution in [2.24, 2.45) is 0 Å². The van der Waals surface area contributed by atoms with Gasteiger partial charge in [-0.15, -0.1) is 19.9 Å². The van der Waals surface area contributed by atoms with E-state index in [2.05, 4.69) is 46.7 Å². The van der Waals surface area contributed by atoms with E-state index in [4.69, 9.17) is 0 Å². The minimum Gasteiger partial charge on any atom is -0.352 e. The number of hydrogen-bond donors (Lipinski definition) is 0. The van der Waals surface area contributed by atoms with Crippen LogP contribution >= 0.6 is 0 Å². The molecular formula is C15H17N9. The van der Waals surface area contributed by atoms with E-state index < -0.39 is 0 Å². The molecule has 3 aromatic rings. The summed E-state index contributed by atoms with van der Waals surface area (Å²) >= 11 is 0. The van der Waals surface area contributed by atoms with Crippen molar-refractivity contribution in [3.05, 3.63) is 29.5 Å². The molecule has 0 unspecified atom stereocenters. The Morgan fingerprint density at radius 1 is 0.833 bits per heavy atom. The molecule has 9 heteroatoms. The second-order valence-corrected chi connectivity index (χ2v) is 6.22. The monoisotopic (exact) mass is 323 g/mol. The first-order valence-corrected chi connectivity index (χ1v) is 8.28. The van der Waals surface area contributed by atoms with Crippen LogP contribution in [0.15, 0.2) is 18.2 Å². The van der Waals surface area contributed by atoms with Gasteiger partial charge in [-0.25, -0.2) is 0 Å². The fraction of sp³-hybridized carbons (Fsp3) is 0.467. The molecule has 0 spiro atoms. The third-order valence-electron chi connectivity index (χ3n) is 4.79. The third kappa shape index (κ3) is 2.24. The molecule has 0 bridgehead atoms. The molecule has 1 aliphatic carbocycles. The van der Waals surface area contributed by atoms with Gasteiger partial charge in [0.1, 0.15) is 0 Å². The number of aryl methyl sites for hydroxylation is 2. The highest BCUT2D eigenvalue weighted by atomic mass is 15.6. The molecular weight excluding hydrogens is 306 g/mol. The second kappa shape index (κ2) is 5.36. The third-order valence-corrected chi connectivity index (χ3v) is 4.79. The molecule has 9 nitrogen and oxygen atoms in total. The Morgan fingerprint density at radius 3 is 2.54 bits per heavy atom. The lowest BCUT2D eigenvalue weighted by atomic mass is 10.2. The highest BCUT2D eigenvalue weighted by Crippen LogP contribution is 2.24. The fourth-order valence-corrected chi connectivity index (χ4v) is 3.45.